The summed E-state index contributed by atoms with van der Waals surface area (Å²) in [6.07, 6.45) is 6.54. The molecule has 1 aliphatic heterocycles. The Morgan fingerprint density at radius 3 is 2.19 bits per heavy atom. The lowest BCUT2D eigenvalue weighted by Crippen LogP contribution is -2.53. The average molecular weight is 221 g/mol. The summed E-state index contributed by atoms with van der Waals surface area (Å²) in [5, 5.41) is 0. The summed E-state index contributed by atoms with van der Waals surface area (Å²) in [6, 6.07) is 1.30. The zero-order chi connectivity index (χ0) is 11.3. The molecule has 2 unspecified atom stereocenters. The van der Waals surface area contributed by atoms with Gasteiger partial charge in [0.2, 0.25) is 0 Å². The Kier molecular flexibility index (Phi) is 2.58. The summed E-state index contributed by atoms with van der Waals surface area (Å²) in [4.78, 5) is 14.4. The van der Waals surface area contributed by atoms with E-state index in [4.69, 9.17) is 0 Å². The quantitative estimate of drug-likeness (QED) is 0.729. The van der Waals surface area contributed by atoms with E-state index in [1.54, 1.807) is 0 Å². The monoisotopic (exact) mass is 221 g/mol. The van der Waals surface area contributed by atoms with Crippen LogP contribution in [-0.2, 0) is 4.79 Å². The first kappa shape index (κ1) is 10.8. The number of carbonyl (C=O) groups is 1. The number of rotatable bonds is 3. The van der Waals surface area contributed by atoms with Gasteiger partial charge in [-0.3, -0.25) is 9.69 Å². The predicted octanol–water partition coefficient (Wildman–Crippen LogP) is 2.47. The molecule has 1 saturated heterocycles. The van der Waals surface area contributed by atoms with Crippen LogP contribution in [0.2, 0.25) is 0 Å². The summed E-state index contributed by atoms with van der Waals surface area (Å²) in [5.74, 6) is 2.67. The van der Waals surface area contributed by atoms with Gasteiger partial charge in [-0.25, -0.2) is 0 Å². The molecule has 0 bridgehead atoms. The molecular weight excluding hydrogens is 198 g/mol. The van der Waals surface area contributed by atoms with Gasteiger partial charge < -0.3 is 0 Å². The summed E-state index contributed by atoms with van der Waals surface area (Å²) < 4.78 is 0. The van der Waals surface area contributed by atoms with E-state index in [9.17, 15) is 4.79 Å². The first-order chi connectivity index (χ1) is 7.68. The highest BCUT2D eigenvalue weighted by Gasteiger charge is 2.47. The molecule has 2 aliphatic carbocycles. The first-order valence-corrected chi connectivity index (χ1v) is 6.97. The Bertz CT molecular complexity index is 281. The van der Waals surface area contributed by atoms with E-state index in [0.29, 0.717) is 11.8 Å². The molecule has 0 aromatic carbocycles. The summed E-state index contributed by atoms with van der Waals surface area (Å²) in [5.41, 5.74) is 0. The minimum atomic E-state index is 0.258. The molecule has 0 spiro atoms. The number of hydrogen-bond donors (Lipinski definition) is 0. The van der Waals surface area contributed by atoms with Crippen LogP contribution in [-0.4, -0.2) is 29.3 Å². The van der Waals surface area contributed by atoms with Crippen molar-refractivity contribution in [3.05, 3.63) is 0 Å². The molecule has 2 nitrogen and oxygen atoms in total. The van der Waals surface area contributed by atoms with E-state index >= 15 is 0 Å². The number of Topliss-reactive ketones (excluding diaryl/α,β-unsaturated/α-hetero) is 1. The normalized spacial score (nSPS) is 37.1. The zero-order valence-corrected chi connectivity index (χ0v) is 10.5. The number of piperidine rings is 1. The van der Waals surface area contributed by atoms with Gasteiger partial charge in [-0.05, 0) is 44.4 Å². The summed E-state index contributed by atoms with van der Waals surface area (Å²) in [6.45, 7) is 5.41. The van der Waals surface area contributed by atoms with Crippen molar-refractivity contribution in [1.82, 2.24) is 4.90 Å². The second-order valence-corrected chi connectivity index (χ2v) is 6.15. The minimum Gasteiger partial charge on any atom is -0.299 e. The molecule has 0 amide bonds. The van der Waals surface area contributed by atoms with Crippen LogP contribution in [0, 0.1) is 17.8 Å². The van der Waals surface area contributed by atoms with Crippen molar-refractivity contribution in [3.8, 4) is 0 Å². The molecule has 2 atom stereocenters. The van der Waals surface area contributed by atoms with Crippen LogP contribution < -0.4 is 0 Å². The minimum absolute atomic E-state index is 0.258. The van der Waals surface area contributed by atoms with E-state index in [1.807, 2.05) is 0 Å². The lowest BCUT2D eigenvalue weighted by molar-refractivity contribution is -0.129. The van der Waals surface area contributed by atoms with Crippen molar-refractivity contribution < 1.29 is 4.79 Å². The van der Waals surface area contributed by atoms with Gasteiger partial charge in [0.05, 0.1) is 0 Å². The SMILES string of the molecule is CC1C(=O)CCN(C(C2CC2)C2CC2)C1C. The molecular formula is C14H23NO. The predicted molar refractivity (Wildman–Crippen MR) is 64.2 cm³/mol. The van der Waals surface area contributed by atoms with Crippen molar-refractivity contribution in [3.63, 3.8) is 0 Å². The molecule has 3 aliphatic rings. The maximum atomic E-state index is 11.7. The third-order valence-corrected chi connectivity index (χ3v) is 4.96. The first-order valence-electron chi connectivity index (χ1n) is 6.97. The highest BCUT2D eigenvalue weighted by Crippen LogP contribution is 2.48. The Morgan fingerprint density at radius 1 is 1.12 bits per heavy atom. The number of nitrogens with zero attached hydrogens (tertiary/aromatic N) is 1. The zero-order valence-electron chi connectivity index (χ0n) is 10.5. The molecule has 0 N–H and O–H groups in total. The smallest absolute Gasteiger partial charge is 0.138 e. The molecule has 1 heterocycles. The van der Waals surface area contributed by atoms with Crippen LogP contribution in [0.4, 0.5) is 0 Å². The molecule has 0 aromatic heterocycles. The fourth-order valence-corrected chi connectivity index (χ4v) is 3.45. The second kappa shape index (κ2) is 3.83. The summed E-state index contributed by atoms with van der Waals surface area (Å²) in [7, 11) is 0. The molecule has 16 heavy (non-hydrogen) atoms. The lowest BCUT2D eigenvalue weighted by Gasteiger charge is -2.42. The molecule has 2 heteroatoms. The molecule has 0 radical (unpaired) electrons. The van der Waals surface area contributed by atoms with Crippen molar-refractivity contribution >= 4 is 5.78 Å². The highest BCUT2D eigenvalue weighted by molar-refractivity contribution is 5.82. The van der Waals surface area contributed by atoms with Gasteiger partial charge in [-0.1, -0.05) is 6.92 Å². The van der Waals surface area contributed by atoms with Gasteiger partial charge in [-0.15, -0.1) is 0 Å². The van der Waals surface area contributed by atoms with E-state index in [0.717, 1.165) is 30.8 Å². The maximum absolute atomic E-state index is 11.7. The van der Waals surface area contributed by atoms with Crippen LogP contribution >= 0.6 is 0 Å². The van der Waals surface area contributed by atoms with Crippen LogP contribution in [0.3, 0.4) is 0 Å². The van der Waals surface area contributed by atoms with Crippen LogP contribution in [0.25, 0.3) is 0 Å². The van der Waals surface area contributed by atoms with Gasteiger partial charge in [0.1, 0.15) is 5.78 Å². The highest BCUT2D eigenvalue weighted by atomic mass is 16.1. The van der Waals surface area contributed by atoms with Crippen molar-refractivity contribution in [1.29, 1.82) is 0 Å². The number of carbonyl (C=O) groups excluding carboxylic acids is 1. The molecule has 3 fully saturated rings. The molecule has 3 rings (SSSR count). The Balaban J connectivity index is 1.74. The van der Waals surface area contributed by atoms with Gasteiger partial charge in [0, 0.05) is 31.0 Å². The number of hydrogen-bond acceptors (Lipinski definition) is 2. The van der Waals surface area contributed by atoms with Crippen molar-refractivity contribution in [2.75, 3.05) is 6.54 Å². The fraction of sp³-hybridized carbons (Fsp3) is 0.929. The van der Waals surface area contributed by atoms with Crippen LogP contribution in [0.1, 0.15) is 46.0 Å². The number of likely N-dealkylation sites (tertiary alicyclic amines) is 1. The Hall–Kier alpha value is -0.370. The topological polar surface area (TPSA) is 20.3 Å². The average Bonchev–Trinajstić information content (AvgIpc) is 3.12. The lowest BCUT2D eigenvalue weighted by atomic mass is 9.88. The second-order valence-electron chi connectivity index (χ2n) is 6.15. The Morgan fingerprint density at radius 2 is 1.69 bits per heavy atom. The maximum Gasteiger partial charge on any atom is 0.138 e. The van der Waals surface area contributed by atoms with E-state index in [1.165, 1.54) is 25.7 Å². The van der Waals surface area contributed by atoms with E-state index in [2.05, 4.69) is 18.7 Å². The fourth-order valence-electron chi connectivity index (χ4n) is 3.45. The van der Waals surface area contributed by atoms with Gasteiger partial charge in [0.25, 0.3) is 0 Å². The van der Waals surface area contributed by atoms with Crippen molar-refractivity contribution in [2.45, 2.75) is 58.0 Å². The van der Waals surface area contributed by atoms with Crippen molar-refractivity contribution in [2.24, 2.45) is 17.8 Å². The van der Waals surface area contributed by atoms with Crippen LogP contribution in [0.15, 0.2) is 0 Å². The largest absolute Gasteiger partial charge is 0.299 e. The van der Waals surface area contributed by atoms with Gasteiger partial charge >= 0.3 is 0 Å². The van der Waals surface area contributed by atoms with Gasteiger partial charge in [0.15, 0.2) is 0 Å². The number of ketones is 1. The third kappa shape index (κ3) is 1.81. The molecule has 2 saturated carbocycles. The molecule has 90 valence electrons. The summed E-state index contributed by atoms with van der Waals surface area (Å²) >= 11 is 0. The standard InChI is InChI=1S/C14H23NO/c1-9-10(2)15(8-7-13(9)16)14(11-3-4-11)12-5-6-12/h9-12,14H,3-8H2,1-2H3. The Labute approximate surface area is 98.4 Å². The molecule has 0 aromatic rings. The van der Waals surface area contributed by atoms with Crippen LogP contribution in [0.5, 0.6) is 0 Å². The van der Waals surface area contributed by atoms with E-state index in [-0.39, 0.29) is 5.92 Å². The van der Waals surface area contributed by atoms with Gasteiger partial charge in [-0.2, -0.15) is 0 Å². The third-order valence-electron chi connectivity index (χ3n) is 4.96. The van der Waals surface area contributed by atoms with E-state index < -0.39 is 0 Å².